The summed E-state index contributed by atoms with van der Waals surface area (Å²) in [5.74, 6) is 0.292. The Labute approximate surface area is 157 Å². The number of likely N-dealkylation sites (tertiary alicyclic amines) is 1. The van der Waals surface area contributed by atoms with Gasteiger partial charge in [0.25, 0.3) is 5.91 Å². The lowest BCUT2D eigenvalue weighted by Crippen LogP contribution is -2.40. The summed E-state index contributed by atoms with van der Waals surface area (Å²) in [6.07, 6.45) is 6.43. The standard InChI is InChI=1S/C19H24N4O2S/c24-18(16-11-15(21-22-16)17-7-4-10-26-17)20-14-8-9-23(12-14)19(25)13-5-2-1-3-6-13/h4,7,10-11,13-14H,1-3,5-6,8-9,12H2,(H,20,24)(H,21,22). The molecule has 2 fully saturated rings. The third-order valence-electron chi connectivity index (χ3n) is 5.39. The predicted octanol–water partition coefficient (Wildman–Crippen LogP) is 3.05. The van der Waals surface area contributed by atoms with Crippen LogP contribution in [0.15, 0.2) is 23.6 Å². The molecule has 2 aromatic rings. The van der Waals surface area contributed by atoms with Crippen molar-refractivity contribution < 1.29 is 9.59 Å². The number of amides is 2. The lowest BCUT2D eigenvalue weighted by molar-refractivity contribution is -0.135. The van der Waals surface area contributed by atoms with E-state index in [-0.39, 0.29) is 23.8 Å². The molecule has 138 valence electrons. The summed E-state index contributed by atoms with van der Waals surface area (Å²) in [6.45, 7) is 1.35. The van der Waals surface area contributed by atoms with Crippen LogP contribution in [0.25, 0.3) is 10.6 Å². The fourth-order valence-electron chi connectivity index (χ4n) is 3.94. The van der Waals surface area contributed by atoms with Gasteiger partial charge in [-0.25, -0.2) is 0 Å². The first-order valence-corrected chi connectivity index (χ1v) is 10.3. The van der Waals surface area contributed by atoms with Crippen molar-refractivity contribution in [1.82, 2.24) is 20.4 Å². The first-order chi connectivity index (χ1) is 12.7. The topological polar surface area (TPSA) is 78.1 Å². The van der Waals surface area contributed by atoms with E-state index in [1.54, 1.807) is 17.4 Å². The molecule has 1 aliphatic heterocycles. The van der Waals surface area contributed by atoms with Crippen LogP contribution in [0.3, 0.4) is 0 Å². The number of carbonyl (C=O) groups excluding carboxylic acids is 2. The third-order valence-corrected chi connectivity index (χ3v) is 6.29. The van der Waals surface area contributed by atoms with Crippen molar-refractivity contribution in [3.63, 3.8) is 0 Å². The van der Waals surface area contributed by atoms with Crippen LogP contribution >= 0.6 is 11.3 Å². The molecule has 6 nitrogen and oxygen atoms in total. The third kappa shape index (κ3) is 3.67. The van der Waals surface area contributed by atoms with E-state index in [1.165, 1.54) is 6.42 Å². The zero-order valence-electron chi connectivity index (χ0n) is 14.7. The number of hydrogen-bond acceptors (Lipinski definition) is 4. The Morgan fingerprint density at radius 3 is 2.85 bits per heavy atom. The quantitative estimate of drug-likeness (QED) is 0.866. The van der Waals surface area contributed by atoms with E-state index in [0.717, 1.165) is 49.2 Å². The Hall–Kier alpha value is -2.15. The number of carbonyl (C=O) groups is 2. The van der Waals surface area contributed by atoms with E-state index in [1.807, 2.05) is 22.4 Å². The van der Waals surface area contributed by atoms with Crippen molar-refractivity contribution in [1.29, 1.82) is 0 Å². The molecule has 1 saturated heterocycles. The Morgan fingerprint density at radius 2 is 2.08 bits per heavy atom. The molecule has 2 aromatic heterocycles. The van der Waals surface area contributed by atoms with Gasteiger partial charge in [-0.3, -0.25) is 14.7 Å². The van der Waals surface area contributed by atoms with Gasteiger partial charge in [-0.15, -0.1) is 11.3 Å². The van der Waals surface area contributed by atoms with Crippen LogP contribution in [-0.4, -0.2) is 46.0 Å². The first kappa shape index (κ1) is 17.3. The molecule has 3 heterocycles. The van der Waals surface area contributed by atoms with Crippen LogP contribution in [0.5, 0.6) is 0 Å². The van der Waals surface area contributed by atoms with Crippen molar-refractivity contribution in [3.8, 4) is 10.6 Å². The maximum Gasteiger partial charge on any atom is 0.272 e. The molecule has 1 aliphatic carbocycles. The fourth-order valence-corrected chi connectivity index (χ4v) is 4.63. The molecule has 2 aliphatic rings. The number of aromatic amines is 1. The van der Waals surface area contributed by atoms with Crippen LogP contribution in [0.4, 0.5) is 0 Å². The van der Waals surface area contributed by atoms with Gasteiger partial charge in [0.2, 0.25) is 5.91 Å². The zero-order chi connectivity index (χ0) is 17.9. The van der Waals surface area contributed by atoms with Gasteiger partial charge in [0, 0.05) is 25.0 Å². The molecule has 1 saturated carbocycles. The van der Waals surface area contributed by atoms with Gasteiger partial charge in [0.05, 0.1) is 10.6 Å². The van der Waals surface area contributed by atoms with E-state index in [0.29, 0.717) is 12.2 Å². The molecule has 2 amide bonds. The van der Waals surface area contributed by atoms with Crippen molar-refractivity contribution in [3.05, 3.63) is 29.3 Å². The molecular weight excluding hydrogens is 348 g/mol. The second-order valence-corrected chi connectivity index (χ2v) is 8.17. The van der Waals surface area contributed by atoms with Crippen LogP contribution in [0.2, 0.25) is 0 Å². The minimum atomic E-state index is -0.180. The monoisotopic (exact) mass is 372 g/mol. The molecule has 2 N–H and O–H groups in total. The second kappa shape index (κ2) is 7.61. The molecule has 4 rings (SSSR count). The highest BCUT2D eigenvalue weighted by atomic mass is 32.1. The molecule has 1 unspecified atom stereocenters. The number of rotatable bonds is 4. The van der Waals surface area contributed by atoms with E-state index < -0.39 is 0 Å². The molecule has 1 atom stereocenters. The van der Waals surface area contributed by atoms with Crippen LogP contribution in [0.1, 0.15) is 49.0 Å². The molecule has 26 heavy (non-hydrogen) atoms. The van der Waals surface area contributed by atoms with Gasteiger partial charge in [-0.1, -0.05) is 25.3 Å². The molecule has 0 radical (unpaired) electrons. The maximum atomic E-state index is 12.6. The highest BCUT2D eigenvalue weighted by molar-refractivity contribution is 7.13. The summed E-state index contributed by atoms with van der Waals surface area (Å²) >= 11 is 1.60. The first-order valence-electron chi connectivity index (χ1n) is 9.39. The van der Waals surface area contributed by atoms with Gasteiger partial charge in [0.1, 0.15) is 0 Å². The normalized spacial score (nSPS) is 21.1. The van der Waals surface area contributed by atoms with Gasteiger partial charge in [-0.05, 0) is 36.8 Å². The lowest BCUT2D eigenvalue weighted by atomic mass is 9.88. The number of nitrogens with zero attached hydrogens (tertiary/aromatic N) is 2. The number of H-pyrrole nitrogens is 1. The number of hydrogen-bond donors (Lipinski definition) is 2. The summed E-state index contributed by atoms with van der Waals surface area (Å²) in [6, 6.07) is 5.75. The Balaban J connectivity index is 1.32. The fraction of sp³-hybridized carbons (Fsp3) is 0.526. The van der Waals surface area contributed by atoms with Crippen LogP contribution < -0.4 is 5.32 Å². The highest BCUT2D eigenvalue weighted by Gasteiger charge is 2.32. The molecular formula is C19H24N4O2S. The highest BCUT2D eigenvalue weighted by Crippen LogP contribution is 2.27. The Morgan fingerprint density at radius 1 is 1.23 bits per heavy atom. The minimum Gasteiger partial charge on any atom is -0.346 e. The summed E-state index contributed by atoms with van der Waals surface area (Å²) in [5, 5.41) is 12.1. The van der Waals surface area contributed by atoms with Gasteiger partial charge < -0.3 is 10.2 Å². The average molecular weight is 372 g/mol. The van der Waals surface area contributed by atoms with Crippen LogP contribution in [-0.2, 0) is 4.79 Å². The smallest absolute Gasteiger partial charge is 0.272 e. The zero-order valence-corrected chi connectivity index (χ0v) is 15.6. The summed E-state index contributed by atoms with van der Waals surface area (Å²) in [4.78, 5) is 28.1. The van der Waals surface area contributed by atoms with Gasteiger partial charge >= 0.3 is 0 Å². The van der Waals surface area contributed by atoms with Crippen molar-refractivity contribution in [2.75, 3.05) is 13.1 Å². The van der Waals surface area contributed by atoms with Crippen LogP contribution in [0, 0.1) is 5.92 Å². The van der Waals surface area contributed by atoms with Crippen molar-refractivity contribution in [2.45, 2.75) is 44.6 Å². The van der Waals surface area contributed by atoms with Crippen molar-refractivity contribution >= 4 is 23.2 Å². The number of thiophene rings is 1. The summed E-state index contributed by atoms with van der Waals surface area (Å²) < 4.78 is 0. The van der Waals surface area contributed by atoms with E-state index in [4.69, 9.17) is 0 Å². The lowest BCUT2D eigenvalue weighted by Gasteiger charge is -2.26. The van der Waals surface area contributed by atoms with Crippen molar-refractivity contribution in [2.24, 2.45) is 5.92 Å². The largest absolute Gasteiger partial charge is 0.346 e. The molecule has 0 spiro atoms. The SMILES string of the molecule is O=C(NC1CCN(C(=O)C2CCCCC2)C1)c1cc(-c2cccs2)[nH]n1. The Kier molecular flexibility index (Phi) is 5.06. The predicted molar refractivity (Wildman–Crippen MR) is 101 cm³/mol. The van der Waals surface area contributed by atoms with Gasteiger partial charge in [0.15, 0.2) is 5.69 Å². The number of aromatic nitrogens is 2. The second-order valence-electron chi connectivity index (χ2n) is 7.22. The van der Waals surface area contributed by atoms with E-state index >= 15 is 0 Å². The molecule has 0 aromatic carbocycles. The van der Waals surface area contributed by atoms with E-state index in [2.05, 4.69) is 15.5 Å². The molecule has 7 heteroatoms. The maximum absolute atomic E-state index is 12.6. The molecule has 0 bridgehead atoms. The van der Waals surface area contributed by atoms with E-state index in [9.17, 15) is 9.59 Å². The van der Waals surface area contributed by atoms with Gasteiger partial charge in [-0.2, -0.15) is 5.10 Å². The summed E-state index contributed by atoms with van der Waals surface area (Å²) in [5.41, 5.74) is 1.25. The Bertz CT molecular complexity index is 764. The summed E-state index contributed by atoms with van der Waals surface area (Å²) in [7, 11) is 0. The number of nitrogens with one attached hydrogen (secondary N) is 2. The minimum absolute atomic E-state index is 0.0110. The average Bonchev–Trinajstić information content (AvgIpc) is 3.41.